The molecule has 0 aliphatic carbocycles. The Labute approximate surface area is 86.1 Å². The zero-order chi connectivity index (χ0) is 10.5. The molecule has 2 atom stereocenters. The summed E-state index contributed by atoms with van der Waals surface area (Å²) < 4.78 is 0. The minimum atomic E-state index is 0.242. The molecule has 0 saturated carbocycles. The highest BCUT2D eigenvalue weighted by Gasteiger charge is 2.47. The molecule has 0 aromatic rings. The molecule has 0 aromatic carbocycles. The summed E-state index contributed by atoms with van der Waals surface area (Å²) in [7, 11) is 0. The lowest BCUT2D eigenvalue weighted by atomic mass is 10.0. The highest BCUT2D eigenvalue weighted by Crippen LogP contribution is 2.35. The smallest absolute Gasteiger partial charge is 0.219 e. The molecule has 2 aliphatic rings. The normalized spacial score (nSPS) is 32.7. The van der Waals surface area contributed by atoms with Crippen LogP contribution in [-0.2, 0) is 4.79 Å². The van der Waals surface area contributed by atoms with Crippen molar-refractivity contribution in [1.29, 1.82) is 0 Å². The van der Waals surface area contributed by atoms with Crippen LogP contribution in [0.5, 0.6) is 0 Å². The van der Waals surface area contributed by atoms with Crippen LogP contribution in [0, 0.1) is 0 Å². The summed E-state index contributed by atoms with van der Waals surface area (Å²) in [4.78, 5) is 15.9. The number of fused-ring (bicyclic) bond motifs is 2. The van der Waals surface area contributed by atoms with Gasteiger partial charge in [-0.3, -0.25) is 9.69 Å². The maximum Gasteiger partial charge on any atom is 0.219 e. The van der Waals surface area contributed by atoms with Gasteiger partial charge in [0.15, 0.2) is 0 Å². The Morgan fingerprint density at radius 2 is 1.86 bits per heavy atom. The lowest BCUT2D eigenvalue weighted by Crippen LogP contribution is -2.54. The zero-order valence-corrected chi connectivity index (χ0v) is 9.58. The lowest BCUT2D eigenvalue weighted by Gasteiger charge is -2.41. The summed E-state index contributed by atoms with van der Waals surface area (Å²) >= 11 is 0. The van der Waals surface area contributed by atoms with Crippen LogP contribution in [0.3, 0.4) is 0 Å². The topological polar surface area (TPSA) is 23.6 Å². The van der Waals surface area contributed by atoms with Crippen LogP contribution in [0.15, 0.2) is 0 Å². The van der Waals surface area contributed by atoms with Crippen molar-refractivity contribution in [3.05, 3.63) is 0 Å². The molecule has 3 heteroatoms. The van der Waals surface area contributed by atoms with Gasteiger partial charge in [0.2, 0.25) is 5.91 Å². The Bertz CT molecular complexity index is 257. The molecule has 2 saturated heterocycles. The molecule has 14 heavy (non-hydrogen) atoms. The molecule has 0 N–H and O–H groups in total. The van der Waals surface area contributed by atoms with Crippen LogP contribution in [0.2, 0.25) is 0 Å². The quantitative estimate of drug-likeness (QED) is 0.579. The van der Waals surface area contributed by atoms with Gasteiger partial charge < -0.3 is 4.90 Å². The van der Waals surface area contributed by atoms with Crippen molar-refractivity contribution in [2.75, 3.05) is 13.1 Å². The second kappa shape index (κ2) is 2.96. The Morgan fingerprint density at radius 3 is 2.21 bits per heavy atom. The monoisotopic (exact) mass is 196 g/mol. The van der Waals surface area contributed by atoms with E-state index >= 15 is 0 Å². The van der Waals surface area contributed by atoms with Crippen LogP contribution < -0.4 is 0 Å². The predicted octanol–water partition coefficient (Wildman–Crippen LogP) is 1.09. The summed E-state index contributed by atoms with van der Waals surface area (Å²) in [6.07, 6.45) is 1.18. The van der Waals surface area contributed by atoms with E-state index in [0.29, 0.717) is 12.1 Å². The van der Waals surface area contributed by atoms with Crippen molar-refractivity contribution in [2.45, 2.75) is 51.7 Å². The molecular weight excluding hydrogens is 176 g/mol. The minimum absolute atomic E-state index is 0.242. The number of rotatable bonds is 0. The predicted molar refractivity (Wildman–Crippen MR) is 56.0 cm³/mol. The average molecular weight is 196 g/mol. The molecule has 0 radical (unpaired) electrons. The maximum atomic E-state index is 11.3. The van der Waals surface area contributed by atoms with Crippen molar-refractivity contribution in [2.24, 2.45) is 0 Å². The summed E-state index contributed by atoms with van der Waals surface area (Å²) in [6.45, 7) is 10.5. The Balaban J connectivity index is 2.07. The number of carbonyl (C=O) groups is 1. The molecule has 2 aliphatic heterocycles. The molecule has 80 valence electrons. The SMILES string of the molecule is CC(=O)N1CC2CC1CN2C(C)(C)C. The lowest BCUT2D eigenvalue weighted by molar-refractivity contribution is -0.131. The molecular formula is C11H20N2O. The van der Waals surface area contributed by atoms with E-state index in [9.17, 15) is 4.79 Å². The molecule has 0 aromatic heterocycles. The molecule has 2 fully saturated rings. The Kier molecular flexibility index (Phi) is 2.11. The van der Waals surface area contributed by atoms with E-state index in [4.69, 9.17) is 0 Å². The van der Waals surface area contributed by atoms with Gasteiger partial charge in [0, 0.05) is 37.6 Å². The number of piperazine rings is 1. The molecule has 2 rings (SSSR count). The summed E-state index contributed by atoms with van der Waals surface area (Å²) in [5, 5.41) is 0. The van der Waals surface area contributed by atoms with Gasteiger partial charge >= 0.3 is 0 Å². The van der Waals surface area contributed by atoms with Gasteiger partial charge in [0.25, 0.3) is 0 Å². The first-order valence-corrected chi connectivity index (χ1v) is 5.43. The second-order valence-corrected chi connectivity index (χ2v) is 5.54. The van der Waals surface area contributed by atoms with Gasteiger partial charge in [-0.2, -0.15) is 0 Å². The summed E-state index contributed by atoms with van der Waals surface area (Å²) in [5.74, 6) is 0.242. The number of carbonyl (C=O) groups excluding carboxylic acids is 1. The Morgan fingerprint density at radius 1 is 1.21 bits per heavy atom. The fourth-order valence-electron chi connectivity index (χ4n) is 2.87. The van der Waals surface area contributed by atoms with Gasteiger partial charge in [-0.15, -0.1) is 0 Å². The molecule has 1 amide bonds. The van der Waals surface area contributed by atoms with Gasteiger partial charge in [-0.1, -0.05) is 0 Å². The van der Waals surface area contributed by atoms with Gasteiger partial charge in [0.05, 0.1) is 0 Å². The van der Waals surface area contributed by atoms with E-state index < -0.39 is 0 Å². The van der Waals surface area contributed by atoms with E-state index in [0.717, 1.165) is 13.1 Å². The molecule has 2 heterocycles. The van der Waals surface area contributed by atoms with Crippen molar-refractivity contribution in [3.63, 3.8) is 0 Å². The van der Waals surface area contributed by atoms with Crippen LogP contribution in [0.1, 0.15) is 34.1 Å². The highest BCUT2D eigenvalue weighted by atomic mass is 16.2. The van der Waals surface area contributed by atoms with E-state index in [2.05, 4.69) is 25.7 Å². The van der Waals surface area contributed by atoms with Crippen LogP contribution >= 0.6 is 0 Å². The molecule has 2 bridgehead atoms. The number of hydrogen-bond acceptors (Lipinski definition) is 2. The first-order valence-electron chi connectivity index (χ1n) is 5.43. The van der Waals surface area contributed by atoms with Crippen molar-refractivity contribution in [1.82, 2.24) is 9.80 Å². The van der Waals surface area contributed by atoms with Gasteiger partial charge in [0.1, 0.15) is 0 Å². The first-order chi connectivity index (χ1) is 6.39. The highest BCUT2D eigenvalue weighted by molar-refractivity contribution is 5.74. The van der Waals surface area contributed by atoms with Crippen molar-refractivity contribution in [3.8, 4) is 0 Å². The average Bonchev–Trinajstić information content (AvgIpc) is 2.58. The molecule has 2 unspecified atom stereocenters. The molecule has 3 nitrogen and oxygen atoms in total. The van der Waals surface area contributed by atoms with Gasteiger partial charge in [-0.05, 0) is 27.2 Å². The first kappa shape index (κ1) is 9.97. The zero-order valence-electron chi connectivity index (χ0n) is 9.58. The van der Waals surface area contributed by atoms with Crippen molar-refractivity contribution >= 4 is 5.91 Å². The van der Waals surface area contributed by atoms with Crippen LogP contribution in [0.25, 0.3) is 0 Å². The molecule has 0 spiro atoms. The van der Waals surface area contributed by atoms with E-state index in [-0.39, 0.29) is 11.4 Å². The van der Waals surface area contributed by atoms with Gasteiger partial charge in [-0.25, -0.2) is 0 Å². The van der Waals surface area contributed by atoms with E-state index in [1.165, 1.54) is 6.42 Å². The fourth-order valence-corrected chi connectivity index (χ4v) is 2.87. The largest absolute Gasteiger partial charge is 0.337 e. The van der Waals surface area contributed by atoms with E-state index in [1.807, 2.05) is 4.90 Å². The third kappa shape index (κ3) is 1.44. The van der Waals surface area contributed by atoms with Crippen LogP contribution in [-0.4, -0.2) is 46.4 Å². The number of hydrogen-bond donors (Lipinski definition) is 0. The van der Waals surface area contributed by atoms with Crippen molar-refractivity contribution < 1.29 is 4.79 Å². The maximum absolute atomic E-state index is 11.3. The Hall–Kier alpha value is -0.570. The summed E-state index contributed by atoms with van der Waals surface area (Å²) in [6, 6.07) is 1.08. The standard InChI is InChI=1S/C11H20N2O/c1-8(14)12-6-10-5-9(12)7-13(10)11(2,3)4/h9-10H,5-7H2,1-4H3. The fraction of sp³-hybridized carbons (Fsp3) is 0.909. The number of amides is 1. The summed E-state index contributed by atoms with van der Waals surface area (Å²) in [5.41, 5.74) is 0.252. The third-order valence-electron chi connectivity index (χ3n) is 3.51. The number of likely N-dealkylation sites (tertiary alicyclic amines) is 2. The van der Waals surface area contributed by atoms with Crippen LogP contribution in [0.4, 0.5) is 0 Å². The number of nitrogens with zero attached hydrogens (tertiary/aromatic N) is 2. The van der Waals surface area contributed by atoms with E-state index in [1.54, 1.807) is 6.92 Å². The minimum Gasteiger partial charge on any atom is -0.337 e. The third-order valence-corrected chi connectivity index (χ3v) is 3.51. The second-order valence-electron chi connectivity index (χ2n) is 5.54.